The first-order valence-corrected chi connectivity index (χ1v) is 8.62. The van der Waals surface area contributed by atoms with Crippen molar-refractivity contribution in [1.82, 2.24) is 30.8 Å². The monoisotopic (exact) mass is 362 g/mol. The predicted molar refractivity (Wildman–Crippen MR) is 91.8 cm³/mol. The van der Waals surface area contributed by atoms with Crippen LogP contribution < -0.4 is 10.6 Å². The number of amides is 3. The Labute approximate surface area is 149 Å². The van der Waals surface area contributed by atoms with Crippen LogP contribution in [0.25, 0.3) is 11.4 Å². The molecule has 1 fully saturated rings. The molecule has 0 aliphatic heterocycles. The number of benzene rings is 1. The van der Waals surface area contributed by atoms with Crippen molar-refractivity contribution in [3.8, 4) is 11.4 Å². The summed E-state index contributed by atoms with van der Waals surface area (Å²) in [5, 5.41) is 17.4. The molecular weight excluding hydrogens is 344 g/mol. The summed E-state index contributed by atoms with van der Waals surface area (Å²) < 4.78 is 0. The van der Waals surface area contributed by atoms with E-state index in [2.05, 4.69) is 26.0 Å². The van der Waals surface area contributed by atoms with Gasteiger partial charge in [-0.3, -0.25) is 10.1 Å². The first-order valence-electron chi connectivity index (χ1n) is 8.25. The quantitative estimate of drug-likeness (QED) is 0.867. The average molecular weight is 363 g/mol. The average Bonchev–Trinajstić information content (AvgIpc) is 3.04. The van der Waals surface area contributed by atoms with Gasteiger partial charge in [-0.15, -0.1) is 10.2 Å². The van der Waals surface area contributed by atoms with E-state index in [0.717, 1.165) is 30.5 Å². The minimum atomic E-state index is -0.503. The summed E-state index contributed by atoms with van der Waals surface area (Å²) in [5.74, 6) is -0.179. The Morgan fingerprint density at radius 2 is 1.96 bits per heavy atom. The highest BCUT2D eigenvalue weighted by atomic mass is 35.5. The van der Waals surface area contributed by atoms with E-state index in [1.54, 1.807) is 18.2 Å². The van der Waals surface area contributed by atoms with Gasteiger partial charge in [-0.05, 0) is 30.2 Å². The molecule has 1 aliphatic carbocycles. The van der Waals surface area contributed by atoms with Crippen LogP contribution in [0.15, 0.2) is 24.3 Å². The Balaban J connectivity index is 1.53. The van der Waals surface area contributed by atoms with E-state index in [1.165, 1.54) is 6.42 Å². The molecule has 0 spiro atoms. The van der Waals surface area contributed by atoms with Crippen LogP contribution in [0.5, 0.6) is 0 Å². The van der Waals surface area contributed by atoms with Crippen LogP contribution in [0.2, 0.25) is 5.02 Å². The number of imide groups is 1. The summed E-state index contributed by atoms with van der Waals surface area (Å²) >= 11 is 6.09. The maximum Gasteiger partial charge on any atom is 0.321 e. The van der Waals surface area contributed by atoms with E-state index in [-0.39, 0.29) is 12.6 Å². The van der Waals surface area contributed by atoms with Crippen molar-refractivity contribution >= 4 is 23.5 Å². The molecule has 2 N–H and O–H groups in total. The number of rotatable bonds is 4. The lowest BCUT2D eigenvalue weighted by molar-refractivity contribution is -0.121. The van der Waals surface area contributed by atoms with E-state index in [9.17, 15) is 9.59 Å². The molecular formula is C16H19ClN6O2. The van der Waals surface area contributed by atoms with Crippen molar-refractivity contribution in [2.24, 2.45) is 0 Å². The zero-order chi connectivity index (χ0) is 17.6. The van der Waals surface area contributed by atoms with Crippen LogP contribution in [0.1, 0.15) is 32.1 Å². The summed E-state index contributed by atoms with van der Waals surface area (Å²) in [7, 11) is 0. The summed E-state index contributed by atoms with van der Waals surface area (Å²) in [6.45, 7) is -0.199. The summed E-state index contributed by atoms with van der Waals surface area (Å²) in [5.41, 5.74) is 0.630. The second-order valence-corrected chi connectivity index (χ2v) is 6.39. The van der Waals surface area contributed by atoms with Gasteiger partial charge < -0.3 is 5.32 Å². The summed E-state index contributed by atoms with van der Waals surface area (Å²) in [4.78, 5) is 24.9. The van der Waals surface area contributed by atoms with Crippen molar-refractivity contribution in [2.75, 3.05) is 0 Å². The van der Waals surface area contributed by atoms with Crippen molar-refractivity contribution in [2.45, 2.75) is 44.7 Å². The van der Waals surface area contributed by atoms with Gasteiger partial charge in [0.05, 0.1) is 5.02 Å². The maximum atomic E-state index is 12.0. The fourth-order valence-electron chi connectivity index (χ4n) is 2.82. The van der Waals surface area contributed by atoms with Crippen LogP contribution in [-0.4, -0.2) is 38.2 Å². The van der Waals surface area contributed by atoms with Gasteiger partial charge in [-0.1, -0.05) is 43.0 Å². The molecule has 1 aromatic heterocycles. The SMILES string of the molecule is O=C(Cn1nnc(-c2ccccc2Cl)n1)NC(=O)NC1CCCCC1. The highest BCUT2D eigenvalue weighted by molar-refractivity contribution is 6.33. The van der Waals surface area contributed by atoms with Gasteiger partial charge in [0, 0.05) is 11.6 Å². The molecule has 1 aromatic carbocycles. The minimum Gasteiger partial charge on any atom is -0.335 e. The van der Waals surface area contributed by atoms with Crippen LogP contribution in [-0.2, 0) is 11.3 Å². The molecule has 0 saturated heterocycles. The molecule has 1 aliphatic rings. The van der Waals surface area contributed by atoms with E-state index in [0.29, 0.717) is 16.4 Å². The van der Waals surface area contributed by atoms with Gasteiger partial charge in [0.1, 0.15) is 6.54 Å². The Hall–Kier alpha value is -2.48. The number of tetrazole rings is 1. The van der Waals surface area contributed by atoms with Crippen LogP contribution in [0, 0.1) is 0 Å². The van der Waals surface area contributed by atoms with Crippen molar-refractivity contribution < 1.29 is 9.59 Å². The molecule has 0 atom stereocenters. The predicted octanol–water partition coefficient (Wildman–Crippen LogP) is 2.15. The molecule has 0 unspecified atom stereocenters. The second-order valence-electron chi connectivity index (χ2n) is 5.98. The third kappa shape index (κ3) is 4.76. The molecule has 2 aromatic rings. The third-order valence-corrected chi connectivity index (χ3v) is 4.38. The number of carbonyl (C=O) groups excluding carboxylic acids is 2. The van der Waals surface area contributed by atoms with E-state index in [4.69, 9.17) is 11.6 Å². The molecule has 25 heavy (non-hydrogen) atoms. The Kier molecular flexibility index (Phi) is 5.60. The van der Waals surface area contributed by atoms with E-state index < -0.39 is 11.9 Å². The highest BCUT2D eigenvalue weighted by Crippen LogP contribution is 2.23. The van der Waals surface area contributed by atoms with Gasteiger partial charge in [0.15, 0.2) is 0 Å². The molecule has 3 rings (SSSR count). The fourth-order valence-corrected chi connectivity index (χ4v) is 3.04. The standard InChI is InChI=1S/C16H19ClN6O2/c17-13-9-5-4-8-12(13)15-20-22-23(21-15)10-14(24)19-16(25)18-11-6-2-1-3-7-11/h4-5,8-9,11H,1-3,6-7,10H2,(H2,18,19,24,25). The number of urea groups is 1. The molecule has 0 radical (unpaired) electrons. The smallest absolute Gasteiger partial charge is 0.321 e. The van der Waals surface area contributed by atoms with E-state index >= 15 is 0 Å². The third-order valence-electron chi connectivity index (χ3n) is 4.05. The number of aromatic nitrogens is 4. The van der Waals surface area contributed by atoms with Gasteiger partial charge in [0.25, 0.3) is 5.91 Å². The molecule has 0 bridgehead atoms. The van der Waals surface area contributed by atoms with E-state index in [1.807, 2.05) is 6.07 Å². The molecule has 3 amide bonds. The normalized spacial score (nSPS) is 14.9. The fraction of sp³-hybridized carbons (Fsp3) is 0.438. The molecule has 1 saturated carbocycles. The lowest BCUT2D eigenvalue weighted by atomic mass is 9.96. The highest BCUT2D eigenvalue weighted by Gasteiger charge is 2.18. The van der Waals surface area contributed by atoms with Crippen molar-refractivity contribution in [1.29, 1.82) is 0 Å². The first kappa shape index (κ1) is 17.3. The Bertz CT molecular complexity index is 757. The maximum absolute atomic E-state index is 12.0. The first-order chi connectivity index (χ1) is 12.1. The zero-order valence-corrected chi connectivity index (χ0v) is 14.4. The van der Waals surface area contributed by atoms with Crippen LogP contribution in [0.4, 0.5) is 4.79 Å². The molecule has 8 nitrogen and oxygen atoms in total. The largest absolute Gasteiger partial charge is 0.335 e. The van der Waals surface area contributed by atoms with Gasteiger partial charge in [-0.2, -0.15) is 4.80 Å². The molecule has 132 valence electrons. The lowest BCUT2D eigenvalue weighted by Gasteiger charge is -2.22. The number of halogens is 1. The zero-order valence-electron chi connectivity index (χ0n) is 13.6. The Morgan fingerprint density at radius 1 is 1.20 bits per heavy atom. The minimum absolute atomic E-state index is 0.137. The topological polar surface area (TPSA) is 102 Å². The summed E-state index contributed by atoms with van der Waals surface area (Å²) in [6.07, 6.45) is 5.31. The van der Waals surface area contributed by atoms with Crippen molar-refractivity contribution in [3.63, 3.8) is 0 Å². The number of nitrogens with one attached hydrogen (secondary N) is 2. The van der Waals surface area contributed by atoms with Crippen molar-refractivity contribution in [3.05, 3.63) is 29.3 Å². The van der Waals surface area contributed by atoms with Crippen LogP contribution >= 0.6 is 11.6 Å². The second kappa shape index (κ2) is 8.06. The van der Waals surface area contributed by atoms with Crippen LogP contribution in [0.3, 0.4) is 0 Å². The molecule has 1 heterocycles. The Morgan fingerprint density at radius 3 is 2.72 bits per heavy atom. The van der Waals surface area contributed by atoms with Gasteiger partial charge >= 0.3 is 6.03 Å². The number of hydrogen-bond donors (Lipinski definition) is 2. The van der Waals surface area contributed by atoms with Gasteiger partial charge in [-0.25, -0.2) is 4.79 Å². The molecule has 9 heteroatoms. The number of hydrogen-bond acceptors (Lipinski definition) is 5. The van der Waals surface area contributed by atoms with Gasteiger partial charge in [0.2, 0.25) is 5.82 Å². The number of carbonyl (C=O) groups is 2. The number of nitrogens with zero attached hydrogens (tertiary/aromatic N) is 4. The lowest BCUT2D eigenvalue weighted by Crippen LogP contribution is -2.46. The summed E-state index contributed by atoms with van der Waals surface area (Å²) in [6, 6.07) is 6.75.